The molecule has 5 nitrogen and oxygen atoms in total. The summed E-state index contributed by atoms with van der Waals surface area (Å²) in [6.07, 6.45) is 0.913. The molecule has 0 atom stereocenters. The number of nitrogens with one attached hydrogen (secondary N) is 1. The van der Waals surface area contributed by atoms with Crippen LogP contribution in [0.2, 0.25) is 0 Å². The highest BCUT2D eigenvalue weighted by molar-refractivity contribution is 4.86. The first kappa shape index (κ1) is 32.2. The van der Waals surface area contributed by atoms with Crippen LogP contribution in [0.4, 0.5) is 0 Å². The molecule has 5 heteroatoms. The zero-order valence-electron chi connectivity index (χ0n) is 18.4. The van der Waals surface area contributed by atoms with Gasteiger partial charge in [-0.2, -0.15) is 0 Å². The van der Waals surface area contributed by atoms with Crippen molar-refractivity contribution in [2.24, 2.45) is 0 Å². The summed E-state index contributed by atoms with van der Waals surface area (Å²) in [4.78, 5) is 0. The molecule has 0 amide bonds. The predicted molar refractivity (Wildman–Crippen MR) is 111 cm³/mol. The van der Waals surface area contributed by atoms with Crippen molar-refractivity contribution in [3.8, 4) is 0 Å². The first-order valence-electron chi connectivity index (χ1n) is 9.87. The maximum atomic E-state index is 5.37. The average Bonchev–Trinajstić information content (AvgIpc) is 2.66. The van der Waals surface area contributed by atoms with E-state index in [4.69, 9.17) is 18.9 Å². The molecule has 0 saturated heterocycles. The van der Waals surface area contributed by atoms with Crippen molar-refractivity contribution in [3.63, 3.8) is 0 Å². The molecule has 156 valence electrons. The van der Waals surface area contributed by atoms with Gasteiger partial charge in [0.05, 0.1) is 52.9 Å². The van der Waals surface area contributed by atoms with Gasteiger partial charge in [-0.1, -0.05) is 47.1 Å². The Kier molecular flexibility index (Phi) is 50.1. The molecule has 0 aromatic carbocycles. The Labute approximate surface area is 158 Å². The first-order chi connectivity index (χ1) is 12.3. The van der Waals surface area contributed by atoms with Crippen LogP contribution in [0.1, 0.15) is 54.9 Å². The van der Waals surface area contributed by atoms with Crippen LogP contribution in [0.3, 0.4) is 0 Å². The van der Waals surface area contributed by atoms with Gasteiger partial charge in [-0.3, -0.25) is 0 Å². The van der Waals surface area contributed by atoms with Gasteiger partial charge in [0.2, 0.25) is 0 Å². The molecule has 1 N–H and O–H groups in total. The topological polar surface area (TPSA) is 49.0 Å². The standard InChI is InChI=1S/C14H29NO4.3C2H6/c1-14(2)4-6-16-8-10-18-12-13-19-11-9-17-7-5-15-3;3*1-2/h15H,1,4-13H2,2-3H3;3*1-2H3. The molecule has 0 rings (SSSR count). The molecule has 0 heterocycles. The summed E-state index contributed by atoms with van der Waals surface area (Å²) in [7, 11) is 1.90. The van der Waals surface area contributed by atoms with Gasteiger partial charge in [0, 0.05) is 6.54 Å². The van der Waals surface area contributed by atoms with E-state index in [9.17, 15) is 0 Å². The van der Waals surface area contributed by atoms with Crippen molar-refractivity contribution in [1.82, 2.24) is 5.32 Å². The Morgan fingerprint density at radius 2 is 0.960 bits per heavy atom. The molecule has 0 aliphatic heterocycles. The summed E-state index contributed by atoms with van der Waals surface area (Å²) < 4.78 is 21.4. The van der Waals surface area contributed by atoms with Crippen LogP contribution >= 0.6 is 0 Å². The summed E-state index contributed by atoms with van der Waals surface area (Å²) in [5.41, 5.74) is 1.14. The van der Waals surface area contributed by atoms with E-state index < -0.39 is 0 Å². The maximum absolute atomic E-state index is 5.37. The molecule has 0 fully saturated rings. The summed E-state index contributed by atoms with van der Waals surface area (Å²) in [5.74, 6) is 0. The first-order valence-corrected chi connectivity index (χ1v) is 9.87. The summed E-state index contributed by atoms with van der Waals surface area (Å²) in [5, 5.41) is 3.01. The number of ether oxygens (including phenoxy) is 4. The normalized spacial score (nSPS) is 8.96. The van der Waals surface area contributed by atoms with Crippen molar-refractivity contribution in [2.45, 2.75) is 54.9 Å². The highest BCUT2D eigenvalue weighted by atomic mass is 16.6. The van der Waals surface area contributed by atoms with Crippen LogP contribution in [0, 0.1) is 0 Å². The van der Waals surface area contributed by atoms with Crippen LogP contribution in [0.15, 0.2) is 12.2 Å². The van der Waals surface area contributed by atoms with Crippen LogP contribution in [-0.4, -0.2) is 66.4 Å². The molecule has 0 aromatic heterocycles. The average molecular weight is 366 g/mol. The summed E-state index contributed by atoms with van der Waals surface area (Å²) in [6.45, 7) is 23.8. The molecular formula is C20H47NO4. The van der Waals surface area contributed by atoms with Gasteiger partial charge in [-0.15, -0.1) is 6.58 Å². The van der Waals surface area contributed by atoms with Crippen LogP contribution in [0.5, 0.6) is 0 Å². The second kappa shape index (κ2) is 38.9. The monoisotopic (exact) mass is 365 g/mol. The Bertz CT molecular complexity index is 202. The van der Waals surface area contributed by atoms with Crippen molar-refractivity contribution in [2.75, 3.05) is 66.4 Å². The van der Waals surface area contributed by atoms with E-state index in [1.807, 2.05) is 55.5 Å². The van der Waals surface area contributed by atoms with E-state index in [1.54, 1.807) is 0 Å². The molecule has 0 spiro atoms. The minimum absolute atomic E-state index is 0.598. The van der Waals surface area contributed by atoms with Crippen LogP contribution < -0.4 is 5.32 Å². The summed E-state index contributed by atoms with van der Waals surface area (Å²) >= 11 is 0. The molecule has 0 unspecified atom stereocenters. The van der Waals surface area contributed by atoms with E-state index in [0.717, 1.165) is 31.8 Å². The fourth-order valence-electron chi connectivity index (χ4n) is 1.18. The largest absolute Gasteiger partial charge is 0.379 e. The SMILES string of the molecule is C=C(C)CCOCCOCCOCCOCCNC.CC.CC.CC. The molecule has 0 aliphatic carbocycles. The Morgan fingerprint density at radius 3 is 1.28 bits per heavy atom. The highest BCUT2D eigenvalue weighted by Crippen LogP contribution is 1.94. The molecule has 0 radical (unpaired) electrons. The molecule has 0 aromatic rings. The molecule has 0 aliphatic rings. The molecule has 0 bridgehead atoms. The molecule has 25 heavy (non-hydrogen) atoms. The van der Waals surface area contributed by atoms with Gasteiger partial charge in [-0.25, -0.2) is 0 Å². The Morgan fingerprint density at radius 1 is 0.640 bits per heavy atom. The van der Waals surface area contributed by atoms with E-state index in [2.05, 4.69) is 11.9 Å². The van der Waals surface area contributed by atoms with Crippen LogP contribution in [-0.2, 0) is 18.9 Å². The van der Waals surface area contributed by atoms with E-state index in [0.29, 0.717) is 39.6 Å². The van der Waals surface area contributed by atoms with E-state index in [1.165, 1.54) is 0 Å². The minimum Gasteiger partial charge on any atom is -0.379 e. The summed E-state index contributed by atoms with van der Waals surface area (Å²) in [6, 6.07) is 0. The zero-order chi connectivity index (χ0) is 20.2. The van der Waals surface area contributed by atoms with Gasteiger partial charge in [0.15, 0.2) is 0 Å². The quantitative estimate of drug-likeness (QED) is 0.346. The lowest BCUT2D eigenvalue weighted by Gasteiger charge is -2.07. The lowest BCUT2D eigenvalue weighted by molar-refractivity contribution is -0.00102. The van der Waals surface area contributed by atoms with Crippen molar-refractivity contribution < 1.29 is 18.9 Å². The lowest BCUT2D eigenvalue weighted by atomic mass is 10.3. The number of likely N-dealkylation sites (N-methyl/N-ethyl adjacent to an activating group) is 1. The van der Waals surface area contributed by atoms with Crippen molar-refractivity contribution in [3.05, 3.63) is 12.2 Å². The minimum atomic E-state index is 0.598. The van der Waals surface area contributed by atoms with Gasteiger partial charge in [-0.05, 0) is 20.4 Å². The fourth-order valence-corrected chi connectivity index (χ4v) is 1.18. The van der Waals surface area contributed by atoms with Gasteiger partial charge in [0.25, 0.3) is 0 Å². The van der Waals surface area contributed by atoms with E-state index >= 15 is 0 Å². The third kappa shape index (κ3) is 45.2. The third-order valence-corrected chi connectivity index (χ3v) is 2.29. The fraction of sp³-hybridized carbons (Fsp3) is 0.900. The highest BCUT2D eigenvalue weighted by Gasteiger charge is 1.93. The lowest BCUT2D eigenvalue weighted by Crippen LogP contribution is -2.17. The predicted octanol–water partition coefficient (Wildman–Crippen LogP) is 4.32. The van der Waals surface area contributed by atoms with Gasteiger partial charge < -0.3 is 24.3 Å². The van der Waals surface area contributed by atoms with Crippen molar-refractivity contribution >= 4 is 0 Å². The zero-order valence-corrected chi connectivity index (χ0v) is 18.4. The number of rotatable bonds is 15. The Balaban J connectivity index is -0.000000329. The van der Waals surface area contributed by atoms with Crippen LogP contribution in [0.25, 0.3) is 0 Å². The maximum Gasteiger partial charge on any atom is 0.0701 e. The van der Waals surface area contributed by atoms with E-state index in [-0.39, 0.29) is 0 Å². The number of hydrogen-bond donors (Lipinski definition) is 1. The Hall–Kier alpha value is -0.460. The second-order valence-corrected chi connectivity index (χ2v) is 4.26. The van der Waals surface area contributed by atoms with Crippen molar-refractivity contribution in [1.29, 1.82) is 0 Å². The molecule has 0 saturated carbocycles. The smallest absolute Gasteiger partial charge is 0.0701 e. The molecular weight excluding hydrogens is 318 g/mol. The van der Waals surface area contributed by atoms with Gasteiger partial charge in [0.1, 0.15) is 0 Å². The van der Waals surface area contributed by atoms with Gasteiger partial charge >= 0.3 is 0 Å². The third-order valence-electron chi connectivity index (χ3n) is 2.29. The second-order valence-electron chi connectivity index (χ2n) is 4.26. The number of hydrogen-bond acceptors (Lipinski definition) is 5.